The third kappa shape index (κ3) is 3.75. The zero-order valence-corrected chi connectivity index (χ0v) is 17.9. The van der Waals surface area contributed by atoms with Crippen LogP contribution in [0.3, 0.4) is 0 Å². The Balaban J connectivity index is 1.72. The SMILES string of the molecule is Cc1c(-n2nnnc2SC(C)c2cccc([N+](=O)[O-])c2)c(=O)n(-c2ccccc2)n1C. The van der Waals surface area contributed by atoms with Gasteiger partial charge in [-0.2, -0.15) is 4.68 Å². The number of hydrogen-bond acceptors (Lipinski definition) is 7. The summed E-state index contributed by atoms with van der Waals surface area (Å²) < 4.78 is 4.74. The van der Waals surface area contributed by atoms with Crippen LogP contribution in [0, 0.1) is 17.0 Å². The van der Waals surface area contributed by atoms with Gasteiger partial charge in [0.25, 0.3) is 11.2 Å². The number of aromatic nitrogens is 6. The molecule has 11 heteroatoms. The Morgan fingerprint density at radius 3 is 2.58 bits per heavy atom. The number of tetrazole rings is 1. The molecule has 0 radical (unpaired) electrons. The minimum Gasteiger partial charge on any atom is -0.283 e. The number of para-hydroxylation sites is 1. The molecule has 0 amide bonds. The molecule has 2 heterocycles. The fourth-order valence-corrected chi connectivity index (χ4v) is 4.22. The van der Waals surface area contributed by atoms with Gasteiger partial charge in [-0.15, -0.1) is 5.10 Å². The molecule has 4 aromatic rings. The largest absolute Gasteiger partial charge is 0.297 e. The van der Waals surface area contributed by atoms with Crippen molar-refractivity contribution in [3.8, 4) is 11.4 Å². The molecule has 0 saturated heterocycles. The second-order valence-electron chi connectivity index (χ2n) is 6.90. The minimum absolute atomic E-state index is 0.0224. The van der Waals surface area contributed by atoms with Crippen molar-refractivity contribution in [3.05, 3.63) is 86.3 Å². The van der Waals surface area contributed by atoms with Crippen molar-refractivity contribution in [3.63, 3.8) is 0 Å². The van der Waals surface area contributed by atoms with Crippen molar-refractivity contribution < 1.29 is 4.92 Å². The van der Waals surface area contributed by atoms with Crippen LogP contribution in [0.2, 0.25) is 0 Å². The van der Waals surface area contributed by atoms with Gasteiger partial charge in [0.1, 0.15) is 0 Å². The predicted octanol–water partition coefficient (Wildman–Crippen LogP) is 3.22. The van der Waals surface area contributed by atoms with Gasteiger partial charge >= 0.3 is 0 Å². The Bertz CT molecular complexity index is 1310. The van der Waals surface area contributed by atoms with E-state index in [4.69, 9.17) is 0 Å². The summed E-state index contributed by atoms with van der Waals surface area (Å²) in [6.07, 6.45) is 0. The van der Waals surface area contributed by atoms with Crippen LogP contribution >= 0.6 is 11.8 Å². The van der Waals surface area contributed by atoms with Crippen LogP contribution in [0.5, 0.6) is 0 Å². The van der Waals surface area contributed by atoms with Crippen LogP contribution < -0.4 is 5.56 Å². The van der Waals surface area contributed by atoms with Crippen LogP contribution in [-0.2, 0) is 7.05 Å². The van der Waals surface area contributed by atoms with Crippen molar-refractivity contribution in [2.45, 2.75) is 24.3 Å². The lowest BCUT2D eigenvalue weighted by atomic mass is 10.1. The lowest BCUT2D eigenvalue weighted by Crippen LogP contribution is -2.22. The summed E-state index contributed by atoms with van der Waals surface area (Å²) in [5.74, 6) is 0. The zero-order chi connectivity index (χ0) is 22.1. The van der Waals surface area contributed by atoms with Gasteiger partial charge in [-0.1, -0.05) is 42.1 Å². The van der Waals surface area contributed by atoms with Gasteiger partial charge in [0.2, 0.25) is 5.16 Å². The number of thioether (sulfide) groups is 1. The first-order valence-electron chi connectivity index (χ1n) is 9.42. The van der Waals surface area contributed by atoms with Crippen molar-refractivity contribution in [2.24, 2.45) is 7.05 Å². The highest BCUT2D eigenvalue weighted by Gasteiger charge is 2.23. The average molecular weight is 437 g/mol. The minimum atomic E-state index is -0.426. The van der Waals surface area contributed by atoms with E-state index in [2.05, 4.69) is 15.5 Å². The van der Waals surface area contributed by atoms with Gasteiger partial charge in [-0.05, 0) is 42.0 Å². The average Bonchev–Trinajstić information content (AvgIpc) is 3.30. The summed E-state index contributed by atoms with van der Waals surface area (Å²) in [7, 11) is 1.80. The lowest BCUT2D eigenvalue weighted by molar-refractivity contribution is -0.384. The number of non-ortho nitro benzene ring substituents is 1. The Labute approximate surface area is 181 Å². The van der Waals surface area contributed by atoms with Gasteiger partial charge < -0.3 is 0 Å². The van der Waals surface area contributed by atoms with E-state index < -0.39 is 4.92 Å². The fourth-order valence-electron chi connectivity index (χ4n) is 3.31. The number of rotatable bonds is 6. The summed E-state index contributed by atoms with van der Waals surface area (Å²) in [6, 6.07) is 15.8. The highest BCUT2D eigenvalue weighted by atomic mass is 32.2. The molecular weight excluding hydrogens is 418 g/mol. The first kappa shape index (κ1) is 20.5. The van der Waals surface area contributed by atoms with Gasteiger partial charge in [0.05, 0.1) is 16.3 Å². The highest BCUT2D eigenvalue weighted by Crippen LogP contribution is 2.35. The van der Waals surface area contributed by atoms with E-state index in [-0.39, 0.29) is 16.5 Å². The Morgan fingerprint density at radius 2 is 1.87 bits per heavy atom. The van der Waals surface area contributed by atoms with Gasteiger partial charge in [-0.25, -0.2) is 4.68 Å². The van der Waals surface area contributed by atoms with Crippen LogP contribution in [0.4, 0.5) is 5.69 Å². The van der Waals surface area contributed by atoms with E-state index in [1.807, 2.05) is 50.2 Å². The molecule has 0 bridgehead atoms. The molecule has 2 aromatic heterocycles. The zero-order valence-electron chi connectivity index (χ0n) is 17.0. The third-order valence-electron chi connectivity index (χ3n) is 5.01. The van der Waals surface area contributed by atoms with E-state index in [0.29, 0.717) is 16.5 Å². The number of nitro benzene ring substituents is 1. The van der Waals surface area contributed by atoms with E-state index in [1.54, 1.807) is 22.5 Å². The smallest absolute Gasteiger partial charge is 0.283 e. The summed E-state index contributed by atoms with van der Waals surface area (Å²) in [5, 5.41) is 23.2. The monoisotopic (exact) mass is 437 g/mol. The van der Waals surface area contributed by atoms with E-state index >= 15 is 0 Å². The molecule has 0 aliphatic heterocycles. The molecule has 4 rings (SSSR count). The summed E-state index contributed by atoms with van der Waals surface area (Å²) in [6.45, 7) is 3.74. The first-order valence-corrected chi connectivity index (χ1v) is 10.3. The Kier molecular flexibility index (Phi) is 5.42. The fraction of sp³-hybridized carbons (Fsp3) is 0.200. The maximum absolute atomic E-state index is 13.3. The van der Waals surface area contributed by atoms with Crippen molar-refractivity contribution in [1.82, 2.24) is 29.6 Å². The normalized spacial score (nSPS) is 12.1. The number of nitrogens with zero attached hydrogens (tertiary/aromatic N) is 7. The standard InChI is InChI=1S/C20H19N7O3S/c1-13-18(19(28)26(24(13)3)16-9-5-4-6-10-16)25-20(21-22-23-25)31-14(2)15-8-7-11-17(12-15)27(29)30/h4-12,14H,1-3H3. The quantitative estimate of drug-likeness (QED) is 0.258. The molecular formula is C20H19N7O3S. The number of hydrogen-bond donors (Lipinski definition) is 0. The Morgan fingerprint density at radius 1 is 1.13 bits per heavy atom. The maximum Gasteiger partial charge on any atom is 0.297 e. The van der Waals surface area contributed by atoms with Crippen molar-refractivity contribution in [2.75, 3.05) is 0 Å². The molecule has 0 saturated carbocycles. The summed E-state index contributed by atoms with van der Waals surface area (Å²) in [4.78, 5) is 23.9. The number of benzene rings is 2. The summed E-state index contributed by atoms with van der Waals surface area (Å²) in [5.41, 5.74) is 2.32. The topological polar surface area (TPSA) is 114 Å². The van der Waals surface area contributed by atoms with E-state index in [1.165, 1.54) is 28.6 Å². The molecule has 0 aliphatic carbocycles. The van der Waals surface area contributed by atoms with Crippen LogP contribution in [0.15, 0.2) is 64.5 Å². The highest BCUT2D eigenvalue weighted by molar-refractivity contribution is 7.99. The third-order valence-corrected chi connectivity index (χ3v) is 6.10. The second kappa shape index (κ2) is 8.19. The van der Waals surface area contributed by atoms with E-state index in [0.717, 1.165) is 11.3 Å². The molecule has 0 fully saturated rings. The second-order valence-corrected chi connectivity index (χ2v) is 8.20. The molecule has 158 valence electrons. The first-order chi connectivity index (χ1) is 14.9. The molecule has 10 nitrogen and oxygen atoms in total. The molecule has 0 N–H and O–H groups in total. The molecule has 2 aromatic carbocycles. The molecule has 0 aliphatic rings. The molecule has 1 atom stereocenters. The van der Waals surface area contributed by atoms with Crippen molar-refractivity contribution in [1.29, 1.82) is 0 Å². The van der Waals surface area contributed by atoms with Gasteiger partial charge in [0.15, 0.2) is 5.69 Å². The van der Waals surface area contributed by atoms with Crippen LogP contribution in [0.1, 0.15) is 23.4 Å². The van der Waals surface area contributed by atoms with Gasteiger partial charge in [-0.3, -0.25) is 19.6 Å². The van der Waals surface area contributed by atoms with Gasteiger partial charge in [0, 0.05) is 24.4 Å². The van der Waals surface area contributed by atoms with Crippen LogP contribution in [0.25, 0.3) is 11.4 Å². The van der Waals surface area contributed by atoms with Crippen molar-refractivity contribution >= 4 is 17.4 Å². The lowest BCUT2D eigenvalue weighted by Gasteiger charge is -2.10. The Hall–Kier alpha value is -3.73. The van der Waals surface area contributed by atoms with E-state index in [9.17, 15) is 14.9 Å². The molecule has 0 spiro atoms. The molecule has 1 unspecified atom stereocenters. The predicted molar refractivity (Wildman–Crippen MR) is 116 cm³/mol. The summed E-state index contributed by atoms with van der Waals surface area (Å²) >= 11 is 1.32. The molecule has 31 heavy (non-hydrogen) atoms. The maximum atomic E-state index is 13.3. The van der Waals surface area contributed by atoms with Crippen LogP contribution in [-0.4, -0.2) is 34.5 Å². The number of nitro groups is 1.